The molecule has 0 saturated carbocycles. The zero-order valence-electron chi connectivity index (χ0n) is 22.3. The van der Waals surface area contributed by atoms with Crippen molar-refractivity contribution in [1.82, 2.24) is 5.32 Å². The molecule has 7 nitrogen and oxygen atoms in total. The molecule has 3 aromatic rings. The second kappa shape index (κ2) is 13.8. The number of alkyl halides is 5. The number of carbonyl (C=O) groups excluding carboxylic acids is 3. The first-order valence-electron chi connectivity index (χ1n) is 12.3. The Morgan fingerprint density at radius 1 is 0.884 bits per heavy atom. The highest BCUT2D eigenvalue weighted by molar-refractivity contribution is 6.41. The Morgan fingerprint density at radius 3 is 2.16 bits per heavy atom. The van der Waals surface area contributed by atoms with Gasteiger partial charge in [-0.25, -0.2) is 8.78 Å². The zero-order chi connectivity index (χ0) is 32.1. The summed E-state index contributed by atoms with van der Waals surface area (Å²) in [5.74, 6) is -3.15. The highest BCUT2D eigenvalue weighted by Crippen LogP contribution is 2.38. The van der Waals surface area contributed by atoms with Gasteiger partial charge in [0.2, 0.25) is 5.91 Å². The number of carbonyl (C=O) groups is 3. The summed E-state index contributed by atoms with van der Waals surface area (Å²) in [6.45, 7) is -0.00745. The molecule has 0 atom stereocenters. The lowest BCUT2D eigenvalue weighted by molar-refractivity contribution is -0.211. The van der Waals surface area contributed by atoms with E-state index in [9.17, 15) is 36.3 Å². The van der Waals surface area contributed by atoms with Crippen LogP contribution in [0.2, 0.25) is 15.1 Å². The summed E-state index contributed by atoms with van der Waals surface area (Å²) in [5.41, 5.74) is -2.75. The van der Waals surface area contributed by atoms with Crippen LogP contribution in [0, 0.1) is 5.41 Å². The first-order chi connectivity index (χ1) is 20.0. The van der Waals surface area contributed by atoms with E-state index in [0.29, 0.717) is 10.7 Å². The molecule has 3 aromatic carbocycles. The topological polar surface area (TPSA) is 96.5 Å². The Morgan fingerprint density at radius 2 is 1.53 bits per heavy atom. The number of hydrogen-bond acceptors (Lipinski definition) is 4. The van der Waals surface area contributed by atoms with E-state index in [-0.39, 0.29) is 38.2 Å². The molecule has 230 valence electrons. The molecule has 0 aromatic heterocycles. The summed E-state index contributed by atoms with van der Waals surface area (Å²) in [6, 6.07) is 12.4. The highest BCUT2D eigenvalue weighted by Gasteiger charge is 2.52. The molecule has 0 bridgehead atoms. The van der Waals surface area contributed by atoms with Gasteiger partial charge < -0.3 is 20.7 Å². The average molecular weight is 667 g/mol. The monoisotopic (exact) mass is 665 g/mol. The molecule has 0 unspecified atom stereocenters. The summed E-state index contributed by atoms with van der Waals surface area (Å²) in [4.78, 5) is 38.4. The lowest BCUT2D eigenvalue weighted by Gasteiger charge is -2.26. The maximum absolute atomic E-state index is 13.2. The van der Waals surface area contributed by atoms with Crippen molar-refractivity contribution in [1.29, 1.82) is 0 Å². The Balaban J connectivity index is 1.86. The standard InChI is InChI=1S/C28H23Cl3F5N3O4/c1-27(2,28(34,35)36)26(42)37-12-14-6-8-19(30)22(23(14)31)25(41)39-17-7-9-20(43-13-21(32)33)18(11-17)24(40)38-16-5-3-4-15(29)10-16/h3-11,21H,12-13H2,1-2H3,(H,37,42)(H,38,40)(H,39,41). The van der Waals surface area contributed by atoms with Gasteiger partial charge in [0.25, 0.3) is 18.2 Å². The van der Waals surface area contributed by atoms with E-state index in [1.54, 1.807) is 18.2 Å². The van der Waals surface area contributed by atoms with E-state index in [1.807, 2.05) is 0 Å². The Labute approximate surface area is 257 Å². The Bertz CT molecular complexity index is 1530. The number of rotatable bonds is 10. The second-order valence-corrected chi connectivity index (χ2v) is 10.8. The fourth-order valence-corrected chi connectivity index (χ4v) is 4.29. The number of amides is 3. The number of benzene rings is 3. The second-order valence-electron chi connectivity index (χ2n) is 9.53. The largest absolute Gasteiger partial charge is 0.487 e. The minimum Gasteiger partial charge on any atom is -0.487 e. The third-order valence-corrected chi connectivity index (χ3v) is 7.03. The average Bonchev–Trinajstić information content (AvgIpc) is 2.91. The van der Waals surface area contributed by atoms with Gasteiger partial charge >= 0.3 is 6.18 Å². The van der Waals surface area contributed by atoms with Crippen LogP contribution in [0.1, 0.15) is 40.1 Å². The van der Waals surface area contributed by atoms with E-state index < -0.39 is 48.9 Å². The summed E-state index contributed by atoms with van der Waals surface area (Å²) in [6.07, 6.45) is -7.64. The van der Waals surface area contributed by atoms with E-state index in [4.69, 9.17) is 39.5 Å². The van der Waals surface area contributed by atoms with Gasteiger partial charge in [-0.3, -0.25) is 14.4 Å². The SMILES string of the molecule is CC(C)(C(=O)NCc1ccc(Cl)c(C(=O)Nc2ccc(OCC(F)F)c(C(=O)Nc3cccc(Cl)c3)c2)c1Cl)C(F)(F)F. The first-order valence-corrected chi connectivity index (χ1v) is 13.4. The predicted molar refractivity (Wildman–Crippen MR) is 153 cm³/mol. The molecule has 0 aliphatic rings. The van der Waals surface area contributed by atoms with Crippen LogP contribution in [-0.4, -0.2) is 36.9 Å². The van der Waals surface area contributed by atoms with Gasteiger partial charge in [0.1, 0.15) is 17.8 Å². The molecule has 0 spiro atoms. The molecule has 15 heteroatoms. The number of anilines is 2. The van der Waals surface area contributed by atoms with E-state index in [2.05, 4.69) is 16.0 Å². The van der Waals surface area contributed by atoms with Gasteiger partial charge in [0, 0.05) is 22.9 Å². The molecule has 0 saturated heterocycles. The Kier molecular flexibility index (Phi) is 10.9. The molecule has 3 N–H and O–H groups in total. The van der Waals surface area contributed by atoms with Crippen molar-refractivity contribution in [3.05, 3.63) is 86.4 Å². The summed E-state index contributed by atoms with van der Waals surface area (Å²) < 4.78 is 70.3. The highest BCUT2D eigenvalue weighted by atomic mass is 35.5. The molecular weight excluding hydrogens is 644 g/mol. The third-order valence-electron chi connectivity index (χ3n) is 6.04. The van der Waals surface area contributed by atoms with Crippen LogP contribution in [0.25, 0.3) is 0 Å². The zero-order valence-corrected chi connectivity index (χ0v) is 24.6. The van der Waals surface area contributed by atoms with Gasteiger partial charge in [-0.05, 0) is 61.9 Å². The Hall–Kier alpha value is -3.61. The quantitative estimate of drug-likeness (QED) is 0.191. The van der Waals surface area contributed by atoms with Crippen molar-refractivity contribution in [3.8, 4) is 5.75 Å². The molecule has 0 aliphatic carbocycles. The predicted octanol–water partition coefficient (Wildman–Crippen LogP) is 8.00. The van der Waals surface area contributed by atoms with Crippen molar-refractivity contribution in [2.24, 2.45) is 5.41 Å². The van der Waals surface area contributed by atoms with Gasteiger partial charge in [0.05, 0.1) is 21.2 Å². The summed E-state index contributed by atoms with van der Waals surface area (Å²) >= 11 is 18.5. The maximum atomic E-state index is 13.2. The smallest absolute Gasteiger partial charge is 0.402 e. The maximum Gasteiger partial charge on any atom is 0.402 e. The molecule has 0 heterocycles. The summed E-state index contributed by atoms with van der Waals surface area (Å²) in [7, 11) is 0. The van der Waals surface area contributed by atoms with Crippen molar-refractivity contribution in [2.75, 3.05) is 17.2 Å². The van der Waals surface area contributed by atoms with Crippen LogP contribution in [0.15, 0.2) is 54.6 Å². The molecule has 43 heavy (non-hydrogen) atoms. The number of halogens is 8. The third kappa shape index (κ3) is 8.49. The summed E-state index contributed by atoms with van der Waals surface area (Å²) in [5, 5.41) is 7.16. The molecule has 0 radical (unpaired) electrons. The lowest BCUT2D eigenvalue weighted by Crippen LogP contribution is -2.46. The minimum absolute atomic E-state index is 0.0170. The number of ether oxygens (including phenoxy) is 1. The molecule has 0 fully saturated rings. The molecule has 0 aliphatic heterocycles. The van der Waals surface area contributed by atoms with Crippen molar-refractivity contribution < 1.29 is 41.1 Å². The molecular formula is C28H23Cl3F5N3O4. The van der Waals surface area contributed by atoms with E-state index in [1.165, 1.54) is 36.4 Å². The molecule has 3 amide bonds. The minimum atomic E-state index is -4.81. The van der Waals surface area contributed by atoms with Gasteiger partial charge in [0.15, 0.2) is 0 Å². The van der Waals surface area contributed by atoms with Gasteiger partial charge in [-0.2, -0.15) is 13.2 Å². The van der Waals surface area contributed by atoms with Crippen LogP contribution in [-0.2, 0) is 11.3 Å². The van der Waals surface area contributed by atoms with E-state index in [0.717, 1.165) is 13.8 Å². The van der Waals surface area contributed by atoms with Crippen LogP contribution >= 0.6 is 34.8 Å². The van der Waals surface area contributed by atoms with Gasteiger partial charge in [-0.15, -0.1) is 0 Å². The van der Waals surface area contributed by atoms with Crippen LogP contribution in [0.4, 0.5) is 33.3 Å². The van der Waals surface area contributed by atoms with Crippen molar-refractivity contribution >= 4 is 63.9 Å². The molecule has 3 rings (SSSR count). The van der Waals surface area contributed by atoms with Crippen molar-refractivity contribution in [2.45, 2.75) is 33.0 Å². The van der Waals surface area contributed by atoms with Gasteiger partial charge in [-0.1, -0.05) is 46.9 Å². The lowest BCUT2D eigenvalue weighted by atomic mass is 9.91. The van der Waals surface area contributed by atoms with Crippen LogP contribution in [0.3, 0.4) is 0 Å². The van der Waals surface area contributed by atoms with E-state index >= 15 is 0 Å². The number of hydrogen-bond donors (Lipinski definition) is 3. The number of nitrogens with one attached hydrogen (secondary N) is 3. The first kappa shape index (κ1) is 33.9. The normalized spacial score (nSPS) is 11.7. The van der Waals surface area contributed by atoms with Crippen LogP contribution in [0.5, 0.6) is 5.75 Å². The van der Waals surface area contributed by atoms with Crippen LogP contribution < -0.4 is 20.7 Å². The van der Waals surface area contributed by atoms with Crippen molar-refractivity contribution in [3.63, 3.8) is 0 Å². The fourth-order valence-electron chi connectivity index (χ4n) is 3.49. The fraction of sp³-hybridized carbons (Fsp3) is 0.250.